The molecule has 1 heterocycles. The van der Waals surface area contributed by atoms with Gasteiger partial charge in [-0.05, 0) is 42.0 Å². The highest BCUT2D eigenvalue weighted by molar-refractivity contribution is 5.84. The summed E-state index contributed by atoms with van der Waals surface area (Å²) in [6, 6.07) is 13.0. The molecule has 0 saturated carbocycles. The Kier molecular flexibility index (Phi) is 5.43. The minimum atomic E-state index is -0.652. The topological polar surface area (TPSA) is 78.3 Å². The van der Waals surface area contributed by atoms with Crippen molar-refractivity contribution in [3.63, 3.8) is 0 Å². The highest BCUT2D eigenvalue weighted by atomic mass is 19.1. The summed E-state index contributed by atoms with van der Waals surface area (Å²) in [5, 5.41) is 10.5. The Hall–Kier alpha value is -3.42. The molecule has 0 radical (unpaired) electrons. The van der Waals surface area contributed by atoms with E-state index < -0.39 is 6.09 Å². The minimum absolute atomic E-state index is 0.0182. The SMILES string of the molecule is COc1ccc(Cn2cc(COC(=O)Nc3ccc(F)cc3)nn2)cc1. The third-order valence-corrected chi connectivity index (χ3v) is 3.53. The smallest absolute Gasteiger partial charge is 0.412 e. The number of aromatic nitrogens is 3. The third-order valence-electron chi connectivity index (χ3n) is 3.53. The summed E-state index contributed by atoms with van der Waals surface area (Å²) >= 11 is 0. The maximum atomic E-state index is 12.8. The Morgan fingerprint density at radius 1 is 1.15 bits per heavy atom. The van der Waals surface area contributed by atoms with E-state index in [1.807, 2.05) is 24.3 Å². The van der Waals surface area contributed by atoms with Gasteiger partial charge in [0.15, 0.2) is 0 Å². The van der Waals surface area contributed by atoms with E-state index in [9.17, 15) is 9.18 Å². The molecule has 0 fully saturated rings. The van der Waals surface area contributed by atoms with Crippen molar-refractivity contribution in [1.29, 1.82) is 0 Å². The summed E-state index contributed by atoms with van der Waals surface area (Å²) in [7, 11) is 1.62. The molecule has 0 aliphatic rings. The average molecular weight is 356 g/mol. The third kappa shape index (κ3) is 4.79. The number of hydrogen-bond donors (Lipinski definition) is 1. The quantitative estimate of drug-likeness (QED) is 0.734. The average Bonchev–Trinajstić information content (AvgIpc) is 3.10. The largest absolute Gasteiger partial charge is 0.497 e. The van der Waals surface area contributed by atoms with E-state index in [-0.39, 0.29) is 12.4 Å². The Balaban J connectivity index is 1.49. The second-order valence-corrected chi connectivity index (χ2v) is 5.46. The Bertz CT molecular complexity index is 863. The van der Waals surface area contributed by atoms with Gasteiger partial charge in [-0.3, -0.25) is 5.32 Å². The number of ether oxygens (including phenoxy) is 2. The highest BCUT2D eigenvalue weighted by Crippen LogP contribution is 2.12. The molecule has 0 saturated heterocycles. The first-order chi connectivity index (χ1) is 12.6. The number of carbonyl (C=O) groups excluding carboxylic acids is 1. The molecule has 3 aromatic rings. The van der Waals surface area contributed by atoms with E-state index in [1.165, 1.54) is 24.3 Å². The first kappa shape index (κ1) is 17.4. The molecule has 0 spiro atoms. The number of nitrogens with one attached hydrogen (secondary N) is 1. The van der Waals surface area contributed by atoms with E-state index in [4.69, 9.17) is 9.47 Å². The summed E-state index contributed by atoms with van der Waals surface area (Å²) in [4.78, 5) is 11.7. The van der Waals surface area contributed by atoms with Crippen LogP contribution in [0.15, 0.2) is 54.7 Å². The van der Waals surface area contributed by atoms with Crippen molar-refractivity contribution in [2.45, 2.75) is 13.2 Å². The first-order valence-corrected chi connectivity index (χ1v) is 7.83. The Labute approximate surface area is 149 Å². The molecule has 0 unspecified atom stereocenters. The molecule has 1 aromatic heterocycles. The van der Waals surface area contributed by atoms with Crippen LogP contribution in [0.2, 0.25) is 0 Å². The van der Waals surface area contributed by atoms with Crippen LogP contribution in [-0.2, 0) is 17.9 Å². The fourth-order valence-corrected chi connectivity index (χ4v) is 2.23. The molecule has 7 nitrogen and oxygen atoms in total. The van der Waals surface area contributed by atoms with Gasteiger partial charge in [-0.1, -0.05) is 17.3 Å². The van der Waals surface area contributed by atoms with Crippen LogP contribution < -0.4 is 10.1 Å². The number of methoxy groups -OCH3 is 1. The summed E-state index contributed by atoms with van der Waals surface area (Å²) in [6.07, 6.45) is 1.05. The van der Waals surface area contributed by atoms with Crippen molar-refractivity contribution < 1.29 is 18.7 Å². The van der Waals surface area contributed by atoms with Crippen molar-refractivity contribution in [2.24, 2.45) is 0 Å². The maximum absolute atomic E-state index is 12.8. The monoisotopic (exact) mass is 356 g/mol. The Morgan fingerprint density at radius 2 is 1.88 bits per heavy atom. The predicted molar refractivity (Wildman–Crippen MR) is 92.3 cm³/mol. The second-order valence-electron chi connectivity index (χ2n) is 5.46. The molecule has 8 heteroatoms. The molecule has 1 amide bonds. The number of anilines is 1. The van der Waals surface area contributed by atoms with Crippen molar-refractivity contribution >= 4 is 11.8 Å². The number of amides is 1. The molecule has 2 aromatic carbocycles. The number of hydrogen-bond acceptors (Lipinski definition) is 5. The standard InChI is InChI=1S/C18H17FN4O3/c1-25-17-8-2-13(3-9-17)10-23-11-16(21-22-23)12-26-18(24)20-15-6-4-14(19)5-7-15/h2-9,11H,10,12H2,1H3,(H,20,24). The van der Waals surface area contributed by atoms with Crippen LogP contribution in [0.4, 0.5) is 14.9 Å². The molecule has 0 bridgehead atoms. The van der Waals surface area contributed by atoms with Crippen LogP contribution >= 0.6 is 0 Å². The van der Waals surface area contributed by atoms with Gasteiger partial charge in [-0.2, -0.15) is 0 Å². The highest BCUT2D eigenvalue weighted by Gasteiger charge is 2.07. The van der Waals surface area contributed by atoms with Gasteiger partial charge in [0.25, 0.3) is 0 Å². The fourth-order valence-electron chi connectivity index (χ4n) is 2.23. The van der Waals surface area contributed by atoms with E-state index >= 15 is 0 Å². The summed E-state index contributed by atoms with van der Waals surface area (Å²) in [5.41, 5.74) is 2.00. The van der Waals surface area contributed by atoms with Gasteiger partial charge in [0.1, 0.15) is 23.9 Å². The van der Waals surface area contributed by atoms with Crippen LogP contribution in [0.3, 0.4) is 0 Å². The Morgan fingerprint density at radius 3 is 2.58 bits per heavy atom. The lowest BCUT2D eigenvalue weighted by atomic mass is 10.2. The van der Waals surface area contributed by atoms with Gasteiger partial charge in [0, 0.05) is 5.69 Å². The lowest BCUT2D eigenvalue weighted by molar-refractivity contribution is 0.153. The number of carbonyl (C=O) groups is 1. The zero-order valence-corrected chi connectivity index (χ0v) is 14.1. The minimum Gasteiger partial charge on any atom is -0.497 e. The van der Waals surface area contributed by atoms with Crippen LogP contribution in [-0.4, -0.2) is 28.2 Å². The van der Waals surface area contributed by atoms with Crippen LogP contribution in [0.25, 0.3) is 0 Å². The van der Waals surface area contributed by atoms with Crippen molar-refractivity contribution in [3.8, 4) is 5.75 Å². The lowest BCUT2D eigenvalue weighted by Crippen LogP contribution is -2.13. The molecule has 1 N–H and O–H groups in total. The van der Waals surface area contributed by atoms with E-state index in [1.54, 1.807) is 18.0 Å². The van der Waals surface area contributed by atoms with Crippen molar-refractivity contribution in [3.05, 3.63) is 71.8 Å². The van der Waals surface area contributed by atoms with Crippen LogP contribution in [0, 0.1) is 5.82 Å². The van der Waals surface area contributed by atoms with Crippen LogP contribution in [0.1, 0.15) is 11.3 Å². The molecule has 3 rings (SSSR count). The molecular formula is C18H17FN4O3. The number of benzene rings is 2. The molecule has 0 aliphatic carbocycles. The summed E-state index contributed by atoms with van der Waals surface area (Å²) < 4.78 is 24.7. The first-order valence-electron chi connectivity index (χ1n) is 7.83. The molecule has 0 atom stereocenters. The van der Waals surface area contributed by atoms with Crippen molar-refractivity contribution in [2.75, 3.05) is 12.4 Å². The van der Waals surface area contributed by atoms with E-state index in [0.717, 1.165) is 11.3 Å². The normalized spacial score (nSPS) is 10.4. The number of rotatable bonds is 6. The van der Waals surface area contributed by atoms with Gasteiger partial charge in [0.2, 0.25) is 0 Å². The van der Waals surface area contributed by atoms with Gasteiger partial charge < -0.3 is 9.47 Å². The zero-order chi connectivity index (χ0) is 18.4. The molecule has 134 valence electrons. The van der Waals surface area contributed by atoms with Gasteiger partial charge in [0.05, 0.1) is 19.9 Å². The van der Waals surface area contributed by atoms with Gasteiger partial charge >= 0.3 is 6.09 Å². The van der Waals surface area contributed by atoms with Gasteiger partial charge in [-0.15, -0.1) is 5.10 Å². The second kappa shape index (κ2) is 8.11. The zero-order valence-electron chi connectivity index (χ0n) is 14.1. The van der Waals surface area contributed by atoms with Gasteiger partial charge in [-0.25, -0.2) is 13.9 Å². The lowest BCUT2D eigenvalue weighted by Gasteiger charge is -2.05. The van der Waals surface area contributed by atoms with E-state index in [2.05, 4.69) is 15.6 Å². The number of halogens is 1. The maximum Gasteiger partial charge on any atom is 0.412 e. The number of nitrogens with zero attached hydrogens (tertiary/aromatic N) is 3. The molecule has 0 aliphatic heterocycles. The fraction of sp³-hybridized carbons (Fsp3) is 0.167. The van der Waals surface area contributed by atoms with Crippen molar-refractivity contribution in [1.82, 2.24) is 15.0 Å². The molecule has 26 heavy (non-hydrogen) atoms. The summed E-state index contributed by atoms with van der Waals surface area (Å²) in [6.45, 7) is 0.522. The van der Waals surface area contributed by atoms with E-state index in [0.29, 0.717) is 17.9 Å². The summed E-state index contributed by atoms with van der Waals surface area (Å²) in [5.74, 6) is 0.408. The molecular weight excluding hydrogens is 339 g/mol. The van der Waals surface area contributed by atoms with Crippen LogP contribution in [0.5, 0.6) is 5.75 Å². The predicted octanol–water partition coefficient (Wildman–Crippen LogP) is 3.22.